The highest BCUT2D eigenvalue weighted by atomic mass is 16.2. The van der Waals surface area contributed by atoms with Gasteiger partial charge in [-0.1, -0.05) is 12.2 Å². The number of fused-ring (bicyclic) bond motifs is 1. The largest absolute Gasteiger partial charge is 0.353 e. The van der Waals surface area contributed by atoms with Crippen molar-refractivity contribution in [3.05, 3.63) is 29.6 Å². The molecule has 4 rings (SSSR count). The van der Waals surface area contributed by atoms with Gasteiger partial charge in [-0.25, -0.2) is 0 Å². The van der Waals surface area contributed by atoms with Crippen molar-refractivity contribution < 1.29 is 9.59 Å². The average molecular weight is 356 g/mol. The van der Waals surface area contributed by atoms with Gasteiger partial charge in [0.05, 0.1) is 17.9 Å². The Morgan fingerprint density at radius 3 is 2.85 bits per heavy atom. The molecule has 0 saturated heterocycles. The second kappa shape index (κ2) is 7.64. The SMILES string of the molecule is O=C(CCc1cc2n(n1)CCCN(C(=O)[C@H]1CC=CCC1)C2)NC1CC1. The molecular formula is C20H28N4O2. The third-order valence-electron chi connectivity index (χ3n) is 5.55. The molecule has 1 atom stereocenters. The van der Waals surface area contributed by atoms with Gasteiger partial charge in [-0.3, -0.25) is 14.3 Å². The van der Waals surface area contributed by atoms with Crippen LogP contribution in [-0.4, -0.2) is 39.1 Å². The van der Waals surface area contributed by atoms with Gasteiger partial charge in [-0.15, -0.1) is 0 Å². The standard InChI is InChI=1S/C20H28N4O2/c25-19(21-16-7-8-16)10-9-17-13-18-14-23(11-4-12-24(18)22-17)20(26)15-5-2-1-3-6-15/h1-2,13,15-16H,3-12,14H2,(H,21,25)/t15-/m0/s1. The minimum absolute atomic E-state index is 0.123. The molecule has 0 spiro atoms. The maximum atomic E-state index is 12.9. The van der Waals surface area contributed by atoms with E-state index in [9.17, 15) is 9.59 Å². The van der Waals surface area contributed by atoms with Crippen molar-refractivity contribution in [3.8, 4) is 0 Å². The molecule has 0 bridgehead atoms. The van der Waals surface area contributed by atoms with Crippen molar-refractivity contribution in [2.24, 2.45) is 5.92 Å². The van der Waals surface area contributed by atoms with Crippen LogP contribution in [0.25, 0.3) is 0 Å². The van der Waals surface area contributed by atoms with Gasteiger partial charge in [-0.2, -0.15) is 5.10 Å². The van der Waals surface area contributed by atoms with Crippen molar-refractivity contribution in [3.63, 3.8) is 0 Å². The molecule has 0 radical (unpaired) electrons. The van der Waals surface area contributed by atoms with Gasteiger partial charge in [0, 0.05) is 37.9 Å². The lowest BCUT2D eigenvalue weighted by molar-refractivity contribution is -0.136. The fourth-order valence-electron chi connectivity index (χ4n) is 3.88. The number of amides is 2. The molecule has 1 saturated carbocycles. The van der Waals surface area contributed by atoms with E-state index in [-0.39, 0.29) is 17.7 Å². The molecular weight excluding hydrogens is 328 g/mol. The number of nitrogens with one attached hydrogen (secondary N) is 1. The molecule has 3 aliphatic rings. The lowest BCUT2D eigenvalue weighted by Gasteiger charge is -2.26. The number of nitrogens with zero attached hydrogens (tertiary/aromatic N) is 3. The summed E-state index contributed by atoms with van der Waals surface area (Å²) in [6.07, 6.45) is 11.5. The number of carbonyl (C=O) groups is 2. The quantitative estimate of drug-likeness (QED) is 0.823. The van der Waals surface area contributed by atoms with E-state index in [1.807, 2.05) is 9.58 Å². The molecule has 0 aromatic carbocycles. The summed E-state index contributed by atoms with van der Waals surface area (Å²) < 4.78 is 2.03. The van der Waals surface area contributed by atoms with Crippen molar-refractivity contribution in [2.45, 2.75) is 70.5 Å². The number of allylic oxidation sites excluding steroid dienone is 2. The Morgan fingerprint density at radius 1 is 1.19 bits per heavy atom. The Hall–Kier alpha value is -2.11. The lowest BCUT2D eigenvalue weighted by atomic mass is 9.93. The van der Waals surface area contributed by atoms with Crippen LogP contribution in [0, 0.1) is 5.92 Å². The molecule has 1 aromatic rings. The van der Waals surface area contributed by atoms with Crippen molar-refractivity contribution in [2.75, 3.05) is 6.54 Å². The molecule has 2 heterocycles. The smallest absolute Gasteiger partial charge is 0.226 e. The van der Waals surface area contributed by atoms with Gasteiger partial charge in [0.25, 0.3) is 0 Å². The number of rotatable bonds is 5. The second-order valence-electron chi connectivity index (χ2n) is 7.79. The molecule has 1 aromatic heterocycles. The molecule has 6 nitrogen and oxygen atoms in total. The predicted octanol–water partition coefficient (Wildman–Crippen LogP) is 2.18. The van der Waals surface area contributed by atoms with Gasteiger partial charge in [0.15, 0.2) is 0 Å². The summed E-state index contributed by atoms with van der Waals surface area (Å²) in [5.41, 5.74) is 2.06. The van der Waals surface area contributed by atoms with Crippen LogP contribution in [0.15, 0.2) is 18.2 Å². The van der Waals surface area contributed by atoms with E-state index < -0.39 is 0 Å². The van der Waals surface area contributed by atoms with Crippen LogP contribution >= 0.6 is 0 Å². The number of carbonyl (C=O) groups excluding carboxylic acids is 2. The van der Waals surface area contributed by atoms with Crippen LogP contribution < -0.4 is 5.32 Å². The summed E-state index contributed by atoms with van der Waals surface area (Å²) in [4.78, 5) is 26.7. The first-order valence-electron chi connectivity index (χ1n) is 9.98. The molecule has 6 heteroatoms. The third-order valence-corrected chi connectivity index (χ3v) is 5.55. The topological polar surface area (TPSA) is 67.2 Å². The summed E-state index contributed by atoms with van der Waals surface area (Å²) in [5.74, 6) is 0.548. The summed E-state index contributed by atoms with van der Waals surface area (Å²) in [6.45, 7) is 2.29. The zero-order chi connectivity index (χ0) is 17.9. The van der Waals surface area contributed by atoms with E-state index in [1.54, 1.807) is 0 Å². The minimum atomic E-state index is 0.123. The summed E-state index contributed by atoms with van der Waals surface area (Å²) in [6, 6.07) is 2.49. The van der Waals surface area contributed by atoms with Crippen LogP contribution in [-0.2, 0) is 29.1 Å². The van der Waals surface area contributed by atoms with Gasteiger partial charge in [0.1, 0.15) is 0 Å². The predicted molar refractivity (Wildman–Crippen MR) is 98.2 cm³/mol. The maximum Gasteiger partial charge on any atom is 0.226 e. The van der Waals surface area contributed by atoms with Gasteiger partial charge >= 0.3 is 0 Å². The summed E-state index contributed by atoms with van der Waals surface area (Å²) in [7, 11) is 0. The van der Waals surface area contributed by atoms with Crippen molar-refractivity contribution in [1.29, 1.82) is 0 Å². The highest BCUT2D eigenvalue weighted by Crippen LogP contribution is 2.23. The van der Waals surface area contributed by atoms with Gasteiger partial charge < -0.3 is 10.2 Å². The maximum absolute atomic E-state index is 12.9. The highest BCUT2D eigenvalue weighted by Gasteiger charge is 2.27. The summed E-state index contributed by atoms with van der Waals surface area (Å²) in [5, 5.41) is 7.69. The number of aromatic nitrogens is 2. The molecule has 1 N–H and O–H groups in total. The zero-order valence-corrected chi connectivity index (χ0v) is 15.3. The Balaban J connectivity index is 1.36. The fourth-order valence-corrected chi connectivity index (χ4v) is 3.88. The van der Waals surface area contributed by atoms with E-state index in [0.717, 1.165) is 63.0 Å². The Labute approximate surface area is 154 Å². The fraction of sp³-hybridized carbons (Fsp3) is 0.650. The number of hydrogen-bond donors (Lipinski definition) is 1. The Kier molecular flexibility index (Phi) is 5.09. The monoisotopic (exact) mass is 356 g/mol. The van der Waals surface area contributed by atoms with Crippen molar-refractivity contribution >= 4 is 11.8 Å². The molecule has 0 unspecified atom stereocenters. The van der Waals surface area contributed by atoms with Crippen LogP contribution in [0.4, 0.5) is 0 Å². The molecule has 140 valence electrons. The highest BCUT2D eigenvalue weighted by molar-refractivity contribution is 5.79. The molecule has 2 aliphatic carbocycles. The zero-order valence-electron chi connectivity index (χ0n) is 15.3. The third kappa shape index (κ3) is 4.17. The minimum Gasteiger partial charge on any atom is -0.353 e. The lowest BCUT2D eigenvalue weighted by Crippen LogP contribution is -2.36. The van der Waals surface area contributed by atoms with E-state index in [1.165, 1.54) is 0 Å². The Bertz CT molecular complexity index is 705. The molecule has 2 amide bonds. The number of aryl methyl sites for hydroxylation is 2. The van der Waals surface area contributed by atoms with Crippen LogP contribution in [0.2, 0.25) is 0 Å². The van der Waals surface area contributed by atoms with E-state index in [4.69, 9.17) is 0 Å². The van der Waals surface area contributed by atoms with Gasteiger partial charge in [-0.05, 0) is 44.6 Å². The van der Waals surface area contributed by atoms with Gasteiger partial charge in [0.2, 0.25) is 11.8 Å². The van der Waals surface area contributed by atoms with E-state index >= 15 is 0 Å². The van der Waals surface area contributed by atoms with E-state index in [2.05, 4.69) is 28.6 Å². The normalized spacial score (nSPS) is 22.6. The molecule has 26 heavy (non-hydrogen) atoms. The van der Waals surface area contributed by atoms with E-state index in [0.29, 0.717) is 25.4 Å². The average Bonchev–Trinajstić information content (AvgIpc) is 3.42. The molecule has 1 aliphatic heterocycles. The number of hydrogen-bond acceptors (Lipinski definition) is 3. The first kappa shape index (κ1) is 17.3. The summed E-state index contributed by atoms with van der Waals surface area (Å²) >= 11 is 0. The van der Waals surface area contributed by atoms with Crippen LogP contribution in [0.3, 0.4) is 0 Å². The molecule has 1 fully saturated rings. The Morgan fingerprint density at radius 2 is 2.08 bits per heavy atom. The van der Waals surface area contributed by atoms with Crippen LogP contribution in [0.1, 0.15) is 56.3 Å². The van der Waals surface area contributed by atoms with Crippen LogP contribution in [0.5, 0.6) is 0 Å². The first-order chi connectivity index (χ1) is 12.7. The van der Waals surface area contributed by atoms with Crippen molar-refractivity contribution in [1.82, 2.24) is 20.0 Å². The first-order valence-corrected chi connectivity index (χ1v) is 9.98. The second-order valence-corrected chi connectivity index (χ2v) is 7.79.